The van der Waals surface area contributed by atoms with Crippen LogP contribution in [0.25, 0.3) is 11.3 Å². The molecule has 5 heteroatoms. The summed E-state index contributed by atoms with van der Waals surface area (Å²) in [6.45, 7) is 2.25. The summed E-state index contributed by atoms with van der Waals surface area (Å²) in [5.74, 6) is 0.692. The molecule has 1 aromatic heterocycles. The van der Waals surface area contributed by atoms with Crippen LogP contribution in [0.3, 0.4) is 0 Å². The van der Waals surface area contributed by atoms with Crippen molar-refractivity contribution in [2.24, 2.45) is 0 Å². The minimum Gasteiger partial charge on any atom is -0.444 e. The first-order valence-corrected chi connectivity index (χ1v) is 5.64. The molecule has 0 fully saturated rings. The molecule has 0 unspecified atom stereocenters. The maximum atomic E-state index is 11.1. The number of hydrogen-bond donors (Lipinski definition) is 2. The molecule has 18 heavy (non-hydrogen) atoms. The SMILES string of the molecule is CNC(=O)CNc1ccc(-c2cnco2)c(C)c1. The Morgan fingerprint density at radius 1 is 1.44 bits per heavy atom. The van der Waals surface area contributed by atoms with Gasteiger partial charge in [-0.15, -0.1) is 0 Å². The van der Waals surface area contributed by atoms with Gasteiger partial charge in [-0.05, 0) is 30.7 Å². The maximum Gasteiger partial charge on any atom is 0.239 e. The second-order valence-corrected chi connectivity index (χ2v) is 3.92. The highest BCUT2D eigenvalue weighted by atomic mass is 16.3. The van der Waals surface area contributed by atoms with E-state index in [0.29, 0.717) is 0 Å². The number of anilines is 1. The van der Waals surface area contributed by atoms with Gasteiger partial charge < -0.3 is 15.1 Å². The normalized spacial score (nSPS) is 10.1. The summed E-state index contributed by atoms with van der Waals surface area (Å²) in [6.07, 6.45) is 3.09. The lowest BCUT2D eigenvalue weighted by Gasteiger charge is -2.08. The quantitative estimate of drug-likeness (QED) is 0.862. The number of carbonyl (C=O) groups is 1. The molecule has 1 aromatic carbocycles. The van der Waals surface area contributed by atoms with E-state index in [1.807, 2.05) is 25.1 Å². The number of nitrogens with one attached hydrogen (secondary N) is 2. The summed E-state index contributed by atoms with van der Waals surface area (Å²) in [7, 11) is 1.61. The molecule has 5 nitrogen and oxygen atoms in total. The highest BCUT2D eigenvalue weighted by Gasteiger charge is 2.06. The van der Waals surface area contributed by atoms with Gasteiger partial charge >= 0.3 is 0 Å². The summed E-state index contributed by atoms with van der Waals surface area (Å²) >= 11 is 0. The van der Waals surface area contributed by atoms with Gasteiger partial charge in [0.2, 0.25) is 5.91 Å². The van der Waals surface area contributed by atoms with Crippen molar-refractivity contribution >= 4 is 11.6 Å². The number of rotatable bonds is 4. The second kappa shape index (κ2) is 5.35. The molecule has 94 valence electrons. The molecule has 0 saturated carbocycles. The Morgan fingerprint density at radius 2 is 2.28 bits per heavy atom. The van der Waals surface area contributed by atoms with E-state index in [4.69, 9.17) is 4.42 Å². The van der Waals surface area contributed by atoms with Crippen LogP contribution in [-0.4, -0.2) is 24.5 Å². The van der Waals surface area contributed by atoms with Crippen LogP contribution in [0.1, 0.15) is 5.56 Å². The number of benzene rings is 1. The number of aromatic nitrogens is 1. The molecule has 1 amide bonds. The summed E-state index contributed by atoms with van der Waals surface area (Å²) in [5, 5.41) is 5.61. The van der Waals surface area contributed by atoms with Gasteiger partial charge in [-0.3, -0.25) is 4.79 Å². The first-order valence-electron chi connectivity index (χ1n) is 5.64. The van der Waals surface area contributed by atoms with Crippen molar-refractivity contribution in [3.05, 3.63) is 36.4 Å². The Labute approximate surface area is 105 Å². The summed E-state index contributed by atoms with van der Waals surface area (Å²) in [6, 6.07) is 5.83. The molecule has 0 aliphatic rings. The number of likely N-dealkylation sites (N-methyl/N-ethyl adjacent to an activating group) is 1. The smallest absolute Gasteiger partial charge is 0.239 e. The van der Waals surface area contributed by atoms with Gasteiger partial charge in [0.25, 0.3) is 0 Å². The number of nitrogens with zero attached hydrogens (tertiary/aromatic N) is 1. The van der Waals surface area contributed by atoms with Gasteiger partial charge in [-0.1, -0.05) is 0 Å². The molecule has 0 radical (unpaired) electrons. The number of amides is 1. The number of oxazole rings is 1. The molecule has 2 N–H and O–H groups in total. The maximum absolute atomic E-state index is 11.1. The monoisotopic (exact) mass is 245 g/mol. The fourth-order valence-electron chi connectivity index (χ4n) is 1.67. The van der Waals surface area contributed by atoms with Gasteiger partial charge in [0.1, 0.15) is 0 Å². The standard InChI is InChI=1S/C13H15N3O2/c1-9-5-10(16-7-13(17)14-2)3-4-11(9)12-6-15-8-18-12/h3-6,8,16H,7H2,1-2H3,(H,14,17). The van der Waals surface area contributed by atoms with Crippen molar-refractivity contribution in [3.63, 3.8) is 0 Å². The Bertz CT molecular complexity index is 535. The summed E-state index contributed by atoms with van der Waals surface area (Å²) in [4.78, 5) is 15.0. The first-order chi connectivity index (χ1) is 8.70. The molecule has 1 heterocycles. The van der Waals surface area contributed by atoms with E-state index in [9.17, 15) is 4.79 Å². The van der Waals surface area contributed by atoms with E-state index in [0.717, 1.165) is 22.6 Å². The summed E-state index contributed by atoms with van der Waals surface area (Å²) < 4.78 is 5.26. The highest BCUT2D eigenvalue weighted by molar-refractivity contribution is 5.80. The van der Waals surface area contributed by atoms with E-state index in [1.54, 1.807) is 13.2 Å². The van der Waals surface area contributed by atoms with E-state index in [-0.39, 0.29) is 12.5 Å². The third-order valence-electron chi connectivity index (χ3n) is 2.66. The molecule has 0 aliphatic heterocycles. The van der Waals surface area contributed by atoms with E-state index < -0.39 is 0 Å². The number of carbonyl (C=O) groups excluding carboxylic acids is 1. The topological polar surface area (TPSA) is 67.2 Å². The van der Waals surface area contributed by atoms with Gasteiger partial charge in [-0.25, -0.2) is 4.98 Å². The van der Waals surface area contributed by atoms with Crippen LogP contribution in [-0.2, 0) is 4.79 Å². The molecule has 0 atom stereocenters. The Hall–Kier alpha value is -2.30. The predicted molar refractivity (Wildman–Crippen MR) is 69.2 cm³/mol. The largest absolute Gasteiger partial charge is 0.444 e. The molecule has 0 saturated heterocycles. The van der Waals surface area contributed by atoms with Crippen molar-refractivity contribution in [3.8, 4) is 11.3 Å². The van der Waals surface area contributed by atoms with Crippen molar-refractivity contribution in [2.75, 3.05) is 18.9 Å². The number of hydrogen-bond acceptors (Lipinski definition) is 4. The molecule has 0 aliphatic carbocycles. The minimum atomic E-state index is -0.0491. The van der Waals surface area contributed by atoms with E-state index in [1.165, 1.54) is 6.39 Å². The highest BCUT2D eigenvalue weighted by Crippen LogP contribution is 2.25. The molecule has 2 aromatic rings. The van der Waals surface area contributed by atoms with Crippen molar-refractivity contribution in [2.45, 2.75) is 6.92 Å². The Balaban J connectivity index is 2.13. The third-order valence-corrected chi connectivity index (χ3v) is 2.66. The number of aryl methyl sites for hydroxylation is 1. The van der Waals surface area contributed by atoms with Crippen molar-refractivity contribution in [1.82, 2.24) is 10.3 Å². The van der Waals surface area contributed by atoms with Gasteiger partial charge in [0.15, 0.2) is 12.2 Å². The van der Waals surface area contributed by atoms with Crippen LogP contribution >= 0.6 is 0 Å². The molecule has 2 rings (SSSR count). The lowest BCUT2D eigenvalue weighted by molar-refractivity contribution is -0.118. The predicted octanol–water partition coefficient (Wildman–Crippen LogP) is 1.81. The van der Waals surface area contributed by atoms with Crippen LogP contribution in [0, 0.1) is 6.92 Å². The molecular weight excluding hydrogens is 230 g/mol. The zero-order valence-corrected chi connectivity index (χ0v) is 10.4. The molecular formula is C13H15N3O2. The van der Waals surface area contributed by atoms with Gasteiger partial charge in [-0.2, -0.15) is 0 Å². The fourth-order valence-corrected chi connectivity index (χ4v) is 1.67. The zero-order chi connectivity index (χ0) is 13.0. The van der Waals surface area contributed by atoms with Crippen LogP contribution in [0.4, 0.5) is 5.69 Å². The van der Waals surface area contributed by atoms with Gasteiger partial charge in [0, 0.05) is 18.3 Å². The van der Waals surface area contributed by atoms with Crippen LogP contribution in [0.5, 0.6) is 0 Å². The molecule has 0 bridgehead atoms. The summed E-state index contributed by atoms with van der Waals surface area (Å²) in [5.41, 5.74) is 2.96. The Kier molecular flexibility index (Phi) is 3.62. The average Bonchev–Trinajstić information content (AvgIpc) is 2.89. The average molecular weight is 245 g/mol. The first kappa shape index (κ1) is 12.2. The van der Waals surface area contributed by atoms with Crippen molar-refractivity contribution < 1.29 is 9.21 Å². The van der Waals surface area contributed by atoms with Crippen LogP contribution in [0.15, 0.2) is 35.2 Å². The second-order valence-electron chi connectivity index (χ2n) is 3.92. The van der Waals surface area contributed by atoms with Crippen LogP contribution in [0.2, 0.25) is 0 Å². The lowest BCUT2D eigenvalue weighted by Crippen LogP contribution is -2.26. The lowest BCUT2D eigenvalue weighted by atomic mass is 10.1. The Morgan fingerprint density at radius 3 is 2.89 bits per heavy atom. The van der Waals surface area contributed by atoms with Gasteiger partial charge in [0.05, 0.1) is 12.7 Å². The fraction of sp³-hybridized carbons (Fsp3) is 0.231. The van der Waals surface area contributed by atoms with Crippen LogP contribution < -0.4 is 10.6 Å². The zero-order valence-electron chi connectivity index (χ0n) is 10.4. The minimum absolute atomic E-state index is 0.0491. The van der Waals surface area contributed by atoms with E-state index >= 15 is 0 Å². The molecule has 0 spiro atoms. The third kappa shape index (κ3) is 2.68. The van der Waals surface area contributed by atoms with Crippen molar-refractivity contribution in [1.29, 1.82) is 0 Å². The van der Waals surface area contributed by atoms with E-state index in [2.05, 4.69) is 15.6 Å².